The smallest absolute Gasteiger partial charge is 0.506 e. The lowest BCUT2D eigenvalue weighted by molar-refractivity contribution is 0.0326. The van der Waals surface area contributed by atoms with Crippen LogP contribution in [-0.2, 0) is 11.2 Å². The number of hydrogen-bond donors (Lipinski definition) is 3. The highest BCUT2D eigenvalue weighted by atomic mass is 35.5. The van der Waals surface area contributed by atoms with Crippen LogP contribution in [0.4, 0.5) is 4.79 Å². The first kappa shape index (κ1) is 24.5. The molecule has 4 rings (SSSR count). The van der Waals surface area contributed by atoms with E-state index in [-0.39, 0.29) is 16.7 Å². The summed E-state index contributed by atoms with van der Waals surface area (Å²) in [5.41, 5.74) is 1.66. The van der Waals surface area contributed by atoms with Gasteiger partial charge in [0.15, 0.2) is 0 Å². The Hall–Kier alpha value is -3.62. The van der Waals surface area contributed by atoms with E-state index in [1.54, 1.807) is 48.5 Å². The van der Waals surface area contributed by atoms with Gasteiger partial charge in [0.05, 0.1) is 11.6 Å². The van der Waals surface area contributed by atoms with Gasteiger partial charge in [-0.25, -0.2) is 4.79 Å². The van der Waals surface area contributed by atoms with Gasteiger partial charge in [-0.1, -0.05) is 29.3 Å². The summed E-state index contributed by atoms with van der Waals surface area (Å²) in [6.45, 7) is 0.636. The average Bonchev–Trinajstić information content (AvgIpc) is 2.81. The molecule has 3 N–H and O–H groups in total. The Bertz CT molecular complexity index is 1250. The lowest BCUT2D eigenvalue weighted by Crippen LogP contribution is -2.25. The topological polar surface area (TPSA) is 114 Å². The maximum atomic E-state index is 12.4. The van der Waals surface area contributed by atoms with E-state index in [4.69, 9.17) is 42.5 Å². The number of halogens is 2. The van der Waals surface area contributed by atoms with Gasteiger partial charge in [0.2, 0.25) is 0 Å². The molecule has 10 heteroatoms. The molecule has 3 aromatic carbocycles. The number of nitrogens with one attached hydrogen (secondary N) is 1. The SMILES string of the molecule is O=C(O)OC1CCOc2cc(Oc3ccc(C(=O)NCCc4ccc(Cl)cc4O)cc3)c(Cl)cc21. The molecule has 0 bridgehead atoms. The maximum absolute atomic E-state index is 12.4. The Kier molecular flexibility index (Phi) is 7.53. The van der Waals surface area contributed by atoms with E-state index in [1.807, 2.05) is 0 Å². The number of carboxylic acid groups (broad SMARTS) is 1. The van der Waals surface area contributed by atoms with Crippen molar-refractivity contribution in [1.82, 2.24) is 5.32 Å². The van der Waals surface area contributed by atoms with Crippen molar-refractivity contribution in [2.75, 3.05) is 13.2 Å². The number of phenolic OH excluding ortho intramolecular Hbond substituents is 1. The first-order valence-electron chi connectivity index (χ1n) is 10.7. The molecule has 0 aliphatic carbocycles. The van der Waals surface area contributed by atoms with Crippen molar-refractivity contribution in [3.05, 3.63) is 81.3 Å². The van der Waals surface area contributed by atoms with Crippen LogP contribution in [0.2, 0.25) is 10.0 Å². The highest BCUT2D eigenvalue weighted by Crippen LogP contribution is 2.42. The van der Waals surface area contributed by atoms with Gasteiger partial charge in [-0.05, 0) is 54.4 Å². The number of benzene rings is 3. The molecule has 8 nitrogen and oxygen atoms in total. The quantitative estimate of drug-likeness (QED) is 0.330. The summed E-state index contributed by atoms with van der Waals surface area (Å²) >= 11 is 12.2. The van der Waals surface area contributed by atoms with Crippen LogP contribution in [0.1, 0.15) is 34.0 Å². The van der Waals surface area contributed by atoms with E-state index in [0.29, 0.717) is 65.0 Å². The molecule has 1 unspecified atom stereocenters. The van der Waals surface area contributed by atoms with Crippen molar-refractivity contribution in [1.29, 1.82) is 0 Å². The van der Waals surface area contributed by atoms with Crippen LogP contribution in [0.25, 0.3) is 0 Å². The van der Waals surface area contributed by atoms with Crippen molar-refractivity contribution in [2.24, 2.45) is 0 Å². The molecular weight excluding hydrogens is 497 g/mol. The molecule has 0 saturated heterocycles. The summed E-state index contributed by atoms with van der Waals surface area (Å²) in [5.74, 6) is 1.02. The van der Waals surface area contributed by atoms with E-state index >= 15 is 0 Å². The summed E-state index contributed by atoms with van der Waals surface area (Å²) in [6, 6.07) is 14.5. The number of phenols is 1. The Morgan fingerprint density at radius 1 is 1.09 bits per heavy atom. The Morgan fingerprint density at radius 2 is 1.86 bits per heavy atom. The lowest BCUT2D eigenvalue weighted by Gasteiger charge is -2.25. The number of hydrogen-bond acceptors (Lipinski definition) is 6. The van der Waals surface area contributed by atoms with Gasteiger partial charge in [-0.3, -0.25) is 4.79 Å². The summed E-state index contributed by atoms with van der Waals surface area (Å²) in [4.78, 5) is 23.4. The highest BCUT2D eigenvalue weighted by Gasteiger charge is 2.27. The molecule has 1 amide bonds. The minimum Gasteiger partial charge on any atom is -0.508 e. The second-order valence-corrected chi connectivity index (χ2v) is 8.58. The van der Waals surface area contributed by atoms with E-state index in [0.717, 1.165) is 0 Å². The van der Waals surface area contributed by atoms with Gasteiger partial charge < -0.3 is 29.7 Å². The number of rotatable bonds is 7. The van der Waals surface area contributed by atoms with Crippen molar-refractivity contribution in [3.8, 4) is 23.0 Å². The molecule has 0 radical (unpaired) electrons. The van der Waals surface area contributed by atoms with Gasteiger partial charge in [0, 0.05) is 35.2 Å². The van der Waals surface area contributed by atoms with Crippen molar-refractivity contribution in [2.45, 2.75) is 18.9 Å². The third-order valence-corrected chi connectivity index (χ3v) is 5.89. The fourth-order valence-corrected chi connectivity index (χ4v) is 4.02. The fourth-order valence-electron chi connectivity index (χ4n) is 3.64. The van der Waals surface area contributed by atoms with Crippen LogP contribution < -0.4 is 14.8 Å². The van der Waals surface area contributed by atoms with Crippen molar-refractivity contribution in [3.63, 3.8) is 0 Å². The number of aromatic hydroxyl groups is 1. The molecule has 1 aliphatic rings. The molecule has 0 saturated carbocycles. The molecule has 0 spiro atoms. The average molecular weight is 518 g/mol. The standard InChI is InChI=1S/C25H21Cl2NO7/c26-16-4-1-14(20(29)11-16)7-9-28-24(30)15-2-5-17(6-3-15)34-23-13-22-18(12-19(23)27)21(8-10-33-22)35-25(31)32/h1-6,11-13,21,29H,7-10H2,(H,28,30)(H,31,32). The normalized spacial score (nSPS) is 14.4. The second kappa shape index (κ2) is 10.8. The largest absolute Gasteiger partial charge is 0.508 e. The summed E-state index contributed by atoms with van der Waals surface area (Å²) in [7, 11) is 0. The van der Waals surface area contributed by atoms with Crippen LogP contribution in [0, 0.1) is 0 Å². The van der Waals surface area contributed by atoms with Crippen molar-refractivity contribution >= 4 is 35.3 Å². The Morgan fingerprint density at radius 3 is 2.57 bits per heavy atom. The van der Waals surface area contributed by atoms with E-state index < -0.39 is 12.3 Å². The summed E-state index contributed by atoms with van der Waals surface area (Å²) < 4.78 is 16.4. The zero-order chi connectivity index (χ0) is 24.9. The Labute approximate surface area is 211 Å². The fraction of sp³-hybridized carbons (Fsp3) is 0.200. The van der Waals surface area contributed by atoms with Crippen LogP contribution >= 0.6 is 23.2 Å². The van der Waals surface area contributed by atoms with Crippen LogP contribution in [0.3, 0.4) is 0 Å². The van der Waals surface area contributed by atoms with Gasteiger partial charge in [-0.2, -0.15) is 0 Å². The molecular formula is C25H21Cl2NO7. The highest BCUT2D eigenvalue weighted by molar-refractivity contribution is 6.32. The first-order valence-corrected chi connectivity index (χ1v) is 11.4. The summed E-state index contributed by atoms with van der Waals surface area (Å²) in [5, 5.41) is 22.3. The molecule has 182 valence electrons. The van der Waals surface area contributed by atoms with Crippen LogP contribution in [-0.4, -0.2) is 35.4 Å². The molecule has 35 heavy (non-hydrogen) atoms. The van der Waals surface area contributed by atoms with Gasteiger partial charge in [0.1, 0.15) is 29.1 Å². The molecule has 1 aliphatic heterocycles. The van der Waals surface area contributed by atoms with E-state index in [2.05, 4.69) is 5.32 Å². The monoisotopic (exact) mass is 517 g/mol. The van der Waals surface area contributed by atoms with Gasteiger partial charge >= 0.3 is 6.16 Å². The maximum Gasteiger partial charge on any atom is 0.506 e. The molecule has 0 fully saturated rings. The second-order valence-electron chi connectivity index (χ2n) is 7.74. The Balaban J connectivity index is 1.37. The van der Waals surface area contributed by atoms with Gasteiger partial charge in [-0.15, -0.1) is 0 Å². The zero-order valence-corrected chi connectivity index (χ0v) is 19.8. The van der Waals surface area contributed by atoms with Crippen LogP contribution in [0.15, 0.2) is 54.6 Å². The number of amides is 1. The number of ether oxygens (including phenoxy) is 3. The molecule has 3 aromatic rings. The number of carbonyl (C=O) groups is 2. The van der Waals surface area contributed by atoms with Crippen molar-refractivity contribution < 1.29 is 34.0 Å². The minimum absolute atomic E-state index is 0.0874. The number of carbonyl (C=O) groups excluding carboxylic acids is 1. The van der Waals surface area contributed by atoms with Gasteiger partial charge in [0.25, 0.3) is 5.91 Å². The predicted octanol–water partition coefficient (Wildman–Crippen LogP) is 5.98. The number of fused-ring (bicyclic) bond motifs is 1. The minimum atomic E-state index is -1.37. The molecule has 1 heterocycles. The third kappa shape index (κ3) is 6.09. The molecule has 1 atom stereocenters. The van der Waals surface area contributed by atoms with Crippen LogP contribution in [0.5, 0.6) is 23.0 Å². The predicted molar refractivity (Wildman–Crippen MR) is 129 cm³/mol. The third-order valence-electron chi connectivity index (χ3n) is 5.36. The lowest BCUT2D eigenvalue weighted by atomic mass is 10.0. The van der Waals surface area contributed by atoms with E-state index in [9.17, 15) is 14.7 Å². The summed E-state index contributed by atoms with van der Waals surface area (Å²) in [6.07, 6.45) is -1.19. The molecule has 0 aromatic heterocycles. The van der Waals surface area contributed by atoms with E-state index in [1.165, 1.54) is 6.07 Å². The first-order chi connectivity index (χ1) is 16.8. The zero-order valence-electron chi connectivity index (χ0n) is 18.3.